The Morgan fingerprint density at radius 3 is 2.59 bits per heavy atom. The molecule has 220 valence electrons. The third kappa shape index (κ3) is 5.38. The number of hydrogen-bond donors (Lipinski definition) is 1. The zero-order valence-corrected chi connectivity index (χ0v) is 24.3. The fourth-order valence-electron chi connectivity index (χ4n) is 4.85. The van der Waals surface area contributed by atoms with E-state index in [1.54, 1.807) is 24.7 Å². The van der Waals surface area contributed by atoms with Gasteiger partial charge in [0.2, 0.25) is 0 Å². The van der Waals surface area contributed by atoms with Crippen molar-refractivity contribution >= 4 is 45.6 Å². The predicted octanol–water partition coefficient (Wildman–Crippen LogP) is 7.19. The van der Waals surface area contributed by atoms with Crippen molar-refractivity contribution in [2.75, 3.05) is 11.9 Å². The lowest BCUT2D eigenvalue weighted by molar-refractivity contribution is 0.102. The quantitative estimate of drug-likeness (QED) is 0.209. The van der Waals surface area contributed by atoms with Gasteiger partial charge >= 0.3 is 0 Å². The lowest BCUT2D eigenvalue weighted by Crippen LogP contribution is -2.29. The molecule has 6 aromatic rings. The van der Waals surface area contributed by atoms with Crippen LogP contribution in [0.1, 0.15) is 15.9 Å². The number of aromatic nitrogens is 3. The predicted molar refractivity (Wildman–Crippen MR) is 166 cm³/mol. The zero-order valence-electron chi connectivity index (χ0n) is 22.6. The summed E-state index contributed by atoms with van der Waals surface area (Å²) in [7, 11) is 0. The number of thiophene rings is 1. The number of anilines is 1. The van der Waals surface area contributed by atoms with Crippen LogP contribution in [0.25, 0.3) is 26.5 Å². The van der Waals surface area contributed by atoms with Crippen LogP contribution in [0.4, 0.5) is 14.5 Å². The van der Waals surface area contributed by atoms with Gasteiger partial charge < -0.3 is 14.8 Å². The second-order valence-corrected chi connectivity index (χ2v) is 10.7. The van der Waals surface area contributed by atoms with E-state index in [-0.39, 0.29) is 35.2 Å². The van der Waals surface area contributed by atoms with Crippen molar-refractivity contribution in [3.63, 3.8) is 0 Å². The Balaban J connectivity index is 0.00000343. The van der Waals surface area contributed by atoms with Crippen molar-refractivity contribution in [1.82, 2.24) is 14.5 Å². The first-order valence-corrected chi connectivity index (χ1v) is 14.0. The molecule has 5 heterocycles. The van der Waals surface area contributed by atoms with Gasteiger partial charge in [-0.3, -0.25) is 24.1 Å². The van der Waals surface area contributed by atoms with E-state index in [0.717, 1.165) is 21.3 Å². The van der Waals surface area contributed by atoms with Gasteiger partial charge in [0, 0.05) is 54.1 Å². The number of hydrogen-bond acceptors (Lipinski definition) is 7. The van der Waals surface area contributed by atoms with Crippen molar-refractivity contribution < 1.29 is 23.0 Å². The van der Waals surface area contributed by atoms with E-state index < -0.39 is 23.1 Å². The summed E-state index contributed by atoms with van der Waals surface area (Å²) in [6, 6.07) is 18.5. The Hall–Kier alpha value is -5.13. The average Bonchev–Trinajstić information content (AvgIpc) is 3.67. The minimum atomic E-state index is -0.760. The number of carbonyl (C=O) groups excluding carboxylic acids is 1. The van der Waals surface area contributed by atoms with Crippen molar-refractivity contribution in [2.24, 2.45) is 0 Å². The summed E-state index contributed by atoms with van der Waals surface area (Å²) >= 11 is 1.43. The van der Waals surface area contributed by atoms with Crippen LogP contribution in [0.5, 0.6) is 17.2 Å². The van der Waals surface area contributed by atoms with Crippen LogP contribution in [-0.2, 0) is 6.42 Å². The third-order valence-corrected chi connectivity index (χ3v) is 8.05. The van der Waals surface area contributed by atoms with Gasteiger partial charge in [0.15, 0.2) is 11.6 Å². The van der Waals surface area contributed by atoms with Gasteiger partial charge in [-0.05, 0) is 54.6 Å². The number of benzene rings is 2. The molecular weight excluding hydrogens is 610 g/mol. The van der Waals surface area contributed by atoms with Crippen molar-refractivity contribution in [1.29, 1.82) is 0 Å². The SMILES string of the molecule is Cl.O=C(Nc1ccc(Oc2ccnc3cc(-c4ccccn4)sc23)c(F)c1)c1c2c(cn(-c3ccc(F)cc3)c1=O)CCO2. The van der Waals surface area contributed by atoms with E-state index >= 15 is 4.39 Å². The number of halogens is 3. The molecule has 2 aromatic carbocycles. The summed E-state index contributed by atoms with van der Waals surface area (Å²) in [5.41, 5.74) is 1.79. The van der Waals surface area contributed by atoms with Crippen LogP contribution in [0, 0.1) is 11.6 Å². The van der Waals surface area contributed by atoms with Crippen molar-refractivity contribution in [3.8, 4) is 33.5 Å². The van der Waals surface area contributed by atoms with Crippen LogP contribution in [0.15, 0.2) is 96.2 Å². The summed E-state index contributed by atoms with van der Waals surface area (Å²) in [4.78, 5) is 36.4. The second kappa shape index (κ2) is 11.9. The summed E-state index contributed by atoms with van der Waals surface area (Å²) in [5.74, 6) is -1.38. The molecule has 0 radical (unpaired) electrons. The molecule has 0 saturated heterocycles. The average molecular weight is 631 g/mol. The molecule has 0 bridgehead atoms. The van der Waals surface area contributed by atoms with E-state index in [4.69, 9.17) is 9.47 Å². The van der Waals surface area contributed by atoms with Crippen LogP contribution in [0.2, 0.25) is 0 Å². The van der Waals surface area contributed by atoms with Gasteiger partial charge in [0.1, 0.15) is 22.9 Å². The summed E-state index contributed by atoms with van der Waals surface area (Å²) < 4.78 is 42.3. The van der Waals surface area contributed by atoms with Crippen LogP contribution in [0.3, 0.4) is 0 Å². The molecule has 1 amide bonds. The van der Waals surface area contributed by atoms with Gasteiger partial charge in [0.05, 0.1) is 27.4 Å². The van der Waals surface area contributed by atoms with Gasteiger partial charge in [-0.25, -0.2) is 8.78 Å². The maximum atomic E-state index is 15.3. The van der Waals surface area contributed by atoms with Crippen LogP contribution >= 0.6 is 23.7 Å². The molecule has 1 N–H and O–H groups in total. The topological polar surface area (TPSA) is 95.3 Å². The monoisotopic (exact) mass is 630 g/mol. The second-order valence-electron chi connectivity index (χ2n) is 9.66. The summed E-state index contributed by atoms with van der Waals surface area (Å²) in [6.45, 7) is 0.305. The van der Waals surface area contributed by atoms with Crippen molar-refractivity contribution in [3.05, 3.63) is 125 Å². The molecule has 0 unspecified atom stereocenters. The number of rotatable bonds is 6. The molecule has 0 spiro atoms. The van der Waals surface area contributed by atoms with Gasteiger partial charge in [-0.2, -0.15) is 0 Å². The van der Waals surface area contributed by atoms with Crippen molar-refractivity contribution in [2.45, 2.75) is 6.42 Å². The number of fused-ring (bicyclic) bond motifs is 2. The number of nitrogens with zero attached hydrogens (tertiary/aromatic N) is 3. The number of pyridine rings is 3. The van der Waals surface area contributed by atoms with E-state index in [0.29, 0.717) is 35.5 Å². The van der Waals surface area contributed by atoms with E-state index in [2.05, 4.69) is 15.3 Å². The molecule has 44 heavy (non-hydrogen) atoms. The molecule has 12 heteroatoms. The highest BCUT2D eigenvalue weighted by Gasteiger charge is 2.27. The summed E-state index contributed by atoms with van der Waals surface area (Å²) in [5, 5.41) is 2.60. The fourth-order valence-corrected chi connectivity index (χ4v) is 5.90. The summed E-state index contributed by atoms with van der Waals surface area (Å²) in [6.07, 6.45) is 5.37. The molecule has 8 nitrogen and oxygen atoms in total. The lowest BCUT2D eigenvalue weighted by Gasteiger charge is -2.14. The molecule has 0 aliphatic carbocycles. The smallest absolute Gasteiger partial charge is 0.271 e. The number of nitrogens with one attached hydrogen (secondary N) is 1. The lowest BCUT2D eigenvalue weighted by atomic mass is 10.1. The highest BCUT2D eigenvalue weighted by molar-refractivity contribution is 7.22. The van der Waals surface area contributed by atoms with Gasteiger partial charge in [0.25, 0.3) is 11.5 Å². The minimum Gasteiger partial charge on any atom is -0.492 e. The number of ether oxygens (including phenoxy) is 2. The maximum Gasteiger partial charge on any atom is 0.271 e. The number of carbonyl (C=O) groups is 1. The largest absolute Gasteiger partial charge is 0.492 e. The molecule has 0 saturated carbocycles. The van der Waals surface area contributed by atoms with E-state index in [1.807, 2.05) is 24.3 Å². The van der Waals surface area contributed by atoms with Crippen LogP contribution < -0.4 is 20.3 Å². The first kappa shape index (κ1) is 29.0. The molecule has 0 fully saturated rings. The molecule has 1 aliphatic heterocycles. The Kier molecular flexibility index (Phi) is 7.81. The first-order chi connectivity index (χ1) is 20.9. The minimum absolute atomic E-state index is 0. The Morgan fingerprint density at radius 2 is 1.82 bits per heavy atom. The first-order valence-electron chi connectivity index (χ1n) is 13.2. The fraction of sp³-hybridized carbons (Fsp3) is 0.0625. The maximum absolute atomic E-state index is 15.3. The van der Waals surface area contributed by atoms with Crippen LogP contribution in [-0.4, -0.2) is 27.0 Å². The normalized spacial score (nSPS) is 11.9. The molecule has 1 aliphatic rings. The zero-order chi connectivity index (χ0) is 29.5. The van der Waals surface area contributed by atoms with Gasteiger partial charge in [-0.15, -0.1) is 23.7 Å². The Labute approximate surface area is 259 Å². The molecular formula is C32H21ClF2N4O4S. The highest BCUT2D eigenvalue weighted by atomic mass is 35.5. The Bertz CT molecular complexity index is 2090. The number of amides is 1. The van der Waals surface area contributed by atoms with E-state index in [9.17, 15) is 14.0 Å². The molecule has 0 atom stereocenters. The van der Waals surface area contributed by atoms with Gasteiger partial charge in [-0.1, -0.05) is 6.07 Å². The Morgan fingerprint density at radius 1 is 0.977 bits per heavy atom. The standard InChI is InChI=1S/C32H20F2N4O4S.ClH/c33-19-4-7-21(8-5-19)38-17-18-11-14-41-29(18)28(32(38)40)31(39)37-20-6-9-25(22(34)15-20)42-26-10-13-36-24-16-27(43-30(24)26)23-3-1-2-12-35-23;/h1-10,12-13,15-17H,11,14H2,(H,37,39);1H. The third-order valence-electron chi connectivity index (χ3n) is 6.89. The molecule has 4 aromatic heterocycles. The highest BCUT2D eigenvalue weighted by Crippen LogP contribution is 2.39. The van der Waals surface area contributed by atoms with E-state index in [1.165, 1.54) is 52.3 Å². The molecule has 7 rings (SSSR count).